The van der Waals surface area contributed by atoms with Crippen LogP contribution in [0.5, 0.6) is 11.5 Å². The van der Waals surface area contributed by atoms with E-state index in [1.165, 1.54) is 4.31 Å². The van der Waals surface area contributed by atoms with Crippen LogP contribution in [0, 0.1) is 0 Å². The summed E-state index contributed by atoms with van der Waals surface area (Å²) < 4.78 is 37.7. The standard InChI is InChI=1S/C22H28N2O5S/c1-3-28-19-13-7-5-10-17(19)11-9-15-23-22(25)21-16-24(30(26,27)4-2)18-12-6-8-14-20(18)29-21/h5-8,10,12-14,21H,3-4,9,11,15-16H2,1-2H3,(H,23,25)/t21-/m0/s1. The van der Waals surface area contributed by atoms with Crippen molar-refractivity contribution in [2.24, 2.45) is 0 Å². The highest BCUT2D eigenvalue weighted by molar-refractivity contribution is 7.92. The van der Waals surface area contributed by atoms with Crippen molar-refractivity contribution in [1.82, 2.24) is 5.32 Å². The number of para-hydroxylation sites is 3. The van der Waals surface area contributed by atoms with Gasteiger partial charge in [0.25, 0.3) is 5.91 Å². The van der Waals surface area contributed by atoms with Crippen molar-refractivity contribution in [3.05, 3.63) is 54.1 Å². The fourth-order valence-corrected chi connectivity index (χ4v) is 4.49. The number of amides is 1. The van der Waals surface area contributed by atoms with Crippen LogP contribution in [0.3, 0.4) is 0 Å². The van der Waals surface area contributed by atoms with Gasteiger partial charge in [0.2, 0.25) is 10.0 Å². The van der Waals surface area contributed by atoms with Gasteiger partial charge in [-0.2, -0.15) is 0 Å². The first kappa shape index (κ1) is 22.0. The topological polar surface area (TPSA) is 84.9 Å². The minimum absolute atomic E-state index is 0.0355. The highest BCUT2D eigenvalue weighted by Crippen LogP contribution is 2.35. The van der Waals surface area contributed by atoms with E-state index in [0.717, 1.165) is 24.2 Å². The van der Waals surface area contributed by atoms with Gasteiger partial charge in [-0.15, -0.1) is 0 Å². The lowest BCUT2D eigenvalue weighted by atomic mass is 10.1. The van der Waals surface area contributed by atoms with Crippen LogP contribution in [-0.4, -0.2) is 45.9 Å². The predicted molar refractivity (Wildman–Crippen MR) is 117 cm³/mol. The van der Waals surface area contributed by atoms with Crippen LogP contribution >= 0.6 is 0 Å². The van der Waals surface area contributed by atoms with Crippen molar-refractivity contribution in [3.8, 4) is 11.5 Å². The first-order chi connectivity index (χ1) is 14.5. The van der Waals surface area contributed by atoms with Gasteiger partial charge in [-0.05, 0) is 50.5 Å². The van der Waals surface area contributed by atoms with Gasteiger partial charge < -0.3 is 14.8 Å². The smallest absolute Gasteiger partial charge is 0.263 e. The average Bonchev–Trinajstić information content (AvgIpc) is 2.77. The summed E-state index contributed by atoms with van der Waals surface area (Å²) in [5.74, 6) is 0.888. The van der Waals surface area contributed by atoms with Gasteiger partial charge in [-0.1, -0.05) is 30.3 Å². The van der Waals surface area contributed by atoms with Gasteiger partial charge in [0.15, 0.2) is 6.10 Å². The van der Waals surface area contributed by atoms with E-state index in [-0.39, 0.29) is 18.2 Å². The van der Waals surface area contributed by atoms with E-state index in [0.29, 0.717) is 24.6 Å². The minimum Gasteiger partial charge on any atom is -0.494 e. The fraction of sp³-hybridized carbons (Fsp3) is 0.409. The molecule has 1 atom stereocenters. The molecule has 7 nitrogen and oxygen atoms in total. The Kier molecular flexibility index (Phi) is 7.20. The lowest BCUT2D eigenvalue weighted by Gasteiger charge is -2.34. The fourth-order valence-electron chi connectivity index (χ4n) is 3.37. The Labute approximate surface area is 178 Å². The second-order valence-electron chi connectivity index (χ2n) is 6.94. The van der Waals surface area contributed by atoms with Crippen LogP contribution in [0.25, 0.3) is 0 Å². The summed E-state index contributed by atoms with van der Waals surface area (Å²) in [5.41, 5.74) is 1.56. The highest BCUT2D eigenvalue weighted by Gasteiger charge is 2.35. The Morgan fingerprint density at radius 1 is 1.17 bits per heavy atom. The first-order valence-corrected chi connectivity index (χ1v) is 11.8. The third-order valence-electron chi connectivity index (χ3n) is 4.92. The number of anilines is 1. The Balaban J connectivity index is 1.60. The third kappa shape index (κ3) is 5.05. The number of benzene rings is 2. The Bertz CT molecular complexity index is 977. The molecular formula is C22H28N2O5S. The molecule has 1 aliphatic heterocycles. The van der Waals surface area contributed by atoms with E-state index in [2.05, 4.69) is 5.32 Å². The number of hydrogen-bond donors (Lipinski definition) is 1. The zero-order chi connectivity index (χ0) is 21.6. The molecule has 8 heteroatoms. The summed E-state index contributed by atoms with van der Waals surface area (Å²) in [6.07, 6.45) is 0.606. The molecule has 0 spiro atoms. The van der Waals surface area contributed by atoms with Crippen molar-refractivity contribution in [3.63, 3.8) is 0 Å². The molecule has 0 aliphatic carbocycles. The molecule has 30 heavy (non-hydrogen) atoms. The van der Waals surface area contributed by atoms with Crippen LogP contribution in [0.15, 0.2) is 48.5 Å². The Hall–Kier alpha value is -2.74. The van der Waals surface area contributed by atoms with E-state index >= 15 is 0 Å². The van der Waals surface area contributed by atoms with Crippen LogP contribution < -0.4 is 19.1 Å². The molecule has 0 unspecified atom stereocenters. The number of carbonyl (C=O) groups is 1. The predicted octanol–water partition coefficient (Wildman–Crippen LogP) is 2.75. The number of hydrogen-bond acceptors (Lipinski definition) is 5. The van der Waals surface area contributed by atoms with Crippen LogP contribution in [0.4, 0.5) is 5.69 Å². The maximum Gasteiger partial charge on any atom is 0.263 e. The van der Waals surface area contributed by atoms with E-state index < -0.39 is 16.1 Å². The number of aryl methyl sites for hydroxylation is 1. The number of sulfonamides is 1. The summed E-state index contributed by atoms with van der Waals surface area (Å²) in [6.45, 7) is 4.56. The summed E-state index contributed by atoms with van der Waals surface area (Å²) in [7, 11) is -3.51. The third-order valence-corrected chi connectivity index (χ3v) is 6.67. The molecular weight excluding hydrogens is 404 g/mol. The molecule has 162 valence electrons. The van der Waals surface area contributed by atoms with Crippen LogP contribution in [-0.2, 0) is 21.2 Å². The summed E-state index contributed by atoms with van der Waals surface area (Å²) in [4.78, 5) is 12.7. The average molecular weight is 433 g/mol. The van der Waals surface area contributed by atoms with Gasteiger partial charge in [-0.25, -0.2) is 8.42 Å². The van der Waals surface area contributed by atoms with E-state index in [4.69, 9.17) is 9.47 Å². The summed E-state index contributed by atoms with van der Waals surface area (Å²) >= 11 is 0. The Morgan fingerprint density at radius 2 is 1.90 bits per heavy atom. The van der Waals surface area contributed by atoms with Gasteiger partial charge in [0.05, 0.1) is 24.6 Å². The van der Waals surface area contributed by atoms with E-state index in [9.17, 15) is 13.2 Å². The number of nitrogens with one attached hydrogen (secondary N) is 1. The maximum atomic E-state index is 12.7. The maximum absolute atomic E-state index is 12.7. The van der Waals surface area contributed by atoms with Crippen molar-refractivity contribution >= 4 is 21.6 Å². The zero-order valence-corrected chi connectivity index (χ0v) is 18.2. The molecule has 1 heterocycles. The summed E-state index contributed by atoms with van der Waals surface area (Å²) in [5, 5.41) is 2.87. The minimum atomic E-state index is -3.51. The van der Waals surface area contributed by atoms with Crippen molar-refractivity contribution in [2.45, 2.75) is 32.8 Å². The molecule has 3 rings (SSSR count). The first-order valence-electron chi connectivity index (χ1n) is 10.2. The van der Waals surface area contributed by atoms with Gasteiger partial charge in [0.1, 0.15) is 11.5 Å². The van der Waals surface area contributed by atoms with Gasteiger partial charge in [0, 0.05) is 6.54 Å². The molecule has 2 aromatic rings. The normalized spacial score (nSPS) is 15.8. The monoisotopic (exact) mass is 432 g/mol. The van der Waals surface area contributed by atoms with Crippen molar-refractivity contribution in [2.75, 3.05) is 29.8 Å². The number of carbonyl (C=O) groups excluding carboxylic acids is 1. The van der Waals surface area contributed by atoms with Gasteiger partial charge in [-0.3, -0.25) is 9.10 Å². The zero-order valence-electron chi connectivity index (χ0n) is 17.3. The van der Waals surface area contributed by atoms with Crippen LogP contribution in [0.2, 0.25) is 0 Å². The van der Waals surface area contributed by atoms with Crippen molar-refractivity contribution in [1.29, 1.82) is 0 Å². The number of rotatable bonds is 9. The largest absolute Gasteiger partial charge is 0.494 e. The molecule has 2 aromatic carbocycles. The SMILES string of the molecule is CCOc1ccccc1CCCNC(=O)[C@@H]1CN(S(=O)(=O)CC)c2ccccc2O1. The molecule has 0 saturated carbocycles. The molecule has 1 amide bonds. The quantitative estimate of drug-likeness (QED) is 0.616. The Morgan fingerprint density at radius 3 is 2.67 bits per heavy atom. The lowest BCUT2D eigenvalue weighted by molar-refractivity contribution is -0.127. The second kappa shape index (κ2) is 9.84. The van der Waals surface area contributed by atoms with E-state index in [1.807, 2.05) is 31.2 Å². The highest BCUT2D eigenvalue weighted by atomic mass is 32.2. The number of fused-ring (bicyclic) bond motifs is 1. The molecule has 1 N–H and O–H groups in total. The molecule has 0 fully saturated rings. The van der Waals surface area contributed by atoms with Crippen molar-refractivity contribution < 1.29 is 22.7 Å². The van der Waals surface area contributed by atoms with E-state index in [1.54, 1.807) is 31.2 Å². The molecule has 0 radical (unpaired) electrons. The summed E-state index contributed by atoms with van der Waals surface area (Å²) in [6, 6.07) is 14.7. The lowest BCUT2D eigenvalue weighted by Crippen LogP contribution is -2.51. The molecule has 0 saturated heterocycles. The van der Waals surface area contributed by atoms with Gasteiger partial charge >= 0.3 is 0 Å². The second-order valence-corrected chi connectivity index (χ2v) is 9.12. The number of ether oxygens (including phenoxy) is 2. The molecule has 0 bridgehead atoms. The van der Waals surface area contributed by atoms with Crippen LogP contribution in [0.1, 0.15) is 25.8 Å². The molecule has 0 aromatic heterocycles. The molecule has 1 aliphatic rings. The number of nitrogens with zero attached hydrogens (tertiary/aromatic N) is 1.